The van der Waals surface area contributed by atoms with E-state index in [0.717, 1.165) is 121 Å². The van der Waals surface area contributed by atoms with Gasteiger partial charge in [-0.2, -0.15) is 0 Å². The van der Waals surface area contributed by atoms with Gasteiger partial charge in [-0.15, -0.1) is 0 Å². The van der Waals surface area contributed by atoms with Crippen LogP contribution in [0.5, 0.6) is 0 Å². The Kier molecular flexibility index (Phi) is 11.6. The third-order valence-corrected chi connectivity index (χ3v) is 14.7. The normalized spacial score (nSPS) is 11.5. The van der Waals surface area contributed by atoms with Gasteiger partial charge in [-0.05, 0) is 65.2 Å². The first-order valence-corrected chi connectivity index (χ1v) is 26.7. The van der Waals surface area contributed by atoms with Crippen LogP contribution in [0.2, 0.25) is 0 Å². The molecule has 0 aliphatic heterocycles. The lowest BCUT2D eigenvalue weighted by Crippen LogP contribution is -2.00. The summed E-state index contributed by atoms with van der Waals surface area (Å²) in [6, 6.07) is 89.7. The van der Waals surface area contributed by atoms with E-state index in [1.54, 1.807) is 0 Å². The van der Waals surface area contributed by atoms with E-state index in [2.05, 4.69) is 84.9 Å². The van der Waals surface area contributed by atoms with Gasteiger partial charge >= 0.3 is 0 Å². The zero-order valence-electron chi connectivity index (χ0n) is 43.3. The van der Waals surface area contributed by atoms with Crippen LogP contribution in [-0.2, 0) is 0 Å². The molecule has 380 valence electrons. The maximum absolute atomic E-state index is 6.38. The zero-order valence-corrected chi connectivity index (χ0v) is 43.3. The first kappa shape index (κ1) is 47.1. The molecule has 9 heteroatoms. The minimum absolute atomic E-state index is 0.628. The Bertz CT molecular complexity index is 4850. The van der Waals surface area contributed by atoms with Crippen LogP contribution >= 0.6 is 0 Å². The zero-order chi connectivity index (χ0) is 53.6. The molecule has 0 aliphatic carbocycles. The number of rotatable bonds is 8. The second kappa shape index (κ2) is 20.0. The van der Waals surface area contributed by atoms with E-state index in [-0.39, 0.29) is 0 Å². The second-order valence-electron chi connectivity index (χ2n) is 19.7. The molecule has 0 fully saturated rings. The van der Waals surface area contributed by atoms with Crippen LogP contribution in [0.1, 0.15) is 0 Å². The summed E-state index contributed by atoms with van der Waals surface area (Å²) in [7, 11) is 0. The molecule has 81 heavy (non-hydrogen) atoms. The summed E-state index contributed by atoms with van der Waals surface area (Å²) in [5, 5.41) is 6.45. The molecule has 16 aromatic rings. The van der Waals surface area contributed by atoms with E-state index in [0.29, 0.717) is 34.9 Å². The Labute approximate surface area is 464 Å². The minimum Gasteiger partial charge on any atom is -0.456 e. The topological polar surface area (TPSA) is 117 Å². The predicted octanol–water partition coefficient (Wildman–Crippen LogP) is 18.8. The fourth-order valence-corrected chi connectivity index (χ4v) is 10.7. The maximum Gasteiger partial charge on any atom is 0.164 e. The number of para-hydroxylation sites is 2. The van der Waals surface area contributed by atoms with E-state index in [1.165, 1.54) is 0 Å². The smallest absolute Gasteiger partial charge is 0.164 e. The van der Waals surface area contributed by atoms with Crippen molar-refractivity contribution in [1.82, 2.24) is 29.9 Å². The molecule has 11 aromatic carbocycles. The van der Waals surface area contributed by atoms with Gasteiger partial charge in [-0.1, -0.05) is 218 Å². The number of fused-ring (bicyclic) bond motifs is 10. The van der Waals surface area contributed by atoms with Gasteiger partial charge in [-0.25, -0.2) is 29.9 Å². The monoisotopic (exact) mass is 1040 g/mol. The van der Waals surface area contributed by atoms with E-state index in [9.17, 15) is 0 Å². The standard InChI is InChI=1S/C39H23N3O2.C33H21N3O/c1-3-9-25(10-4-1)37-40-38(26-11-5-2-6-12-26)42-39(41-37)27-17-15-24(16-18-27)28-19-20-30-34(23-28)44-33-22-21-32-35(36(30)33)29-13-7-8-14-31(29)43-32;1-4-11-22(12-5-1)26-17-10-18-27-28-21-25(19-20-29(28)37-30(26)27)33-35-31(23-13-6-2-7-14-23)34-32(36-33)24-15-8-3-9-16-24/h1-23H;1-21H. The van der Waals surface area contributed by atoms with E-state index < -0.39 is 0 Å². The van der Waals surface area contributed by atoms with Crippen molar-refractivity contribution in [2.45, 2.75) is 0 Å². The van der Waals surface area contributed by atoms with Crippen LogP contribution in [0, 0.1) is 0 Å². The highest BCUT2D eigenvalue weighted by Crippen LogP contribution is 2.42. The highest BCUT2D eigenvalue weighted by molar-refractivity contribution is 6.26. The molecule has 0 saturated carbocycles. The minimum atomic E-state index is 0.628. The van der Waals surface area contributed by atoms with Gasteiger partial charge in [0, 0.05) is 71.3 Å². The summed E-state index contributed by atoms with van der Waals surface area (Å²) < 4.78 is 18.9. The summed E-state index contributed by atoms with van der Waals surface area (Å²) in [5.41, 5.74) is 15.1. The van der Waals surface area contributed by atoms with Crippen LogP contribution in [0.4, 0.5) is 0 Å². The Morgan fingerprint density at radius 2 is 0.568 bits per heavy atom. The molecule has 5 heterocycles. The number of furan rings is 3. The molecule has 16 rings (SSSR count). The molecule has 0 bridgehead atoms. The SMILES string of the molecule is c1ccc(-c2nc(-c3ccccc3)nc(-c3ccc(-c4ccc5c(c4)oc4ccc6oc7ccccc7c6c45)cc3)n2)cc1.c1ccc(-c2nc(-c3ccccc3)nc(-c3ccc4oc5c(-c6ccccc6)cccc5c4c3)n2)cc1. The van der Waals surface area contributed by atoms with Crippen LogP contribution in [-0.4, -0.2) is 29.9 Å². The number of aromatic nitrogens is 6. The summed E-state index contributed by atoms with van der Waals surface area (Å²) in [4.78, 5) is 29.1. The van der Waals surface area contributed by atoms with E-state index in [1.807, 2.05) is 182 Å². The molecule has 0 N–H and O–H groups in total. The van der Waals surface area contributed by atoms with Gasteiger partial charge in [-0.3, -0.25) is 0 Å². The molecule has 0 spiro atoms. The average molecular weight is 1040 g/mol. The predicted molar refractivity (Wildman–Crippen MR) is 325 cm³/mol. The number of nitrogens with zero attached hydrogens (tertiary/aromatic N) is 6. The van der Waals surface area contributed by atoms with Crippen molar-refractivity contribution in [3.63, 3.8) is 0 Å². The van der Waals surface area contributed by atoms with Gasteiger partial charge in [0.15, 0.2) is 34.9 Å². The lowest BCUT2D eigenvalue weighted by molar-refractivity contribution is 0.663. The largest absolute Gasteiger partial charge is 0.456 e. The van der Waals surface area contributed by atoms with Gasteiger partial charge in [0.25, 0.3) is 0 Å². The van der Waals surface area contributed by atoms with Gasteiger partial charge in [0.1, 0.15) is 33.5 Å². The lowest BCUT2D eigenvalue weighted by Gasteiger charge is -2.09. The molecule has 0 radical (unpaired) electrons. The van der Waals surface area contributed by atoms with Crippen LogP contribution in [0.15, 0.2) is 280 Å². The molecule has 0 saturated heterocycles. The third-order valence-electron chi connectivity index (χ3n) is 14.7. The van der Waals surface area contributed by atoms with Gasteiger partial charge in [0.2, 0.25) is 0 Å². The third kappa shape index (κ3) is 8.81. The van der Waals surface area contributed by atoms with Crippen molar-refractivity contribution in [2.24, 2.45) is 0 Å². The Morgan fingerprint density at radius 3 is 1.10 bits per heavy atom. The van der Waals surface area contributed by atoms with Crippen molar-refractivity contribution in [1.29, 1.82) is 0 Å². The molecular weight excluding hydrogens is 997 g/mol. The van der Waals surface area contributed by atoms with Crippen LogP contribution in [0.25, 0.3) is 156 Å². The molecule has 0 aliphatic rings. The van der Waals surface area contributed by atoms with Crippen LogP contribution < -0.4 is 0 Å². The van der Waals surface area contributed by atoms with Crippen molar-refractivity contribution in [3.05, 3.63) is 267 Å². The Balaban J connectivity index is 0.000000141. The lowest BCUT2D eigenvalue weighted by atomic mass is 10.0. The summed E-state index contributed by atoms with van der Waals surface area (Å²) in [6.07, 6.45) is 0. The summed E-state index contributed by atoms with van der Waals surface area (Å²) in [6.45, 7) is 0. The molecule has 9 nitrogen and oxygen atoms in total. The van der Waals surface area contributed by atoms with Gasteiger partial charge < -0.3 is 13.3 Å². The fraction of sp³-hybridized carbons (Fsp3) is 0. The Hall–Kier alpha value is -11.2. The van der Waals surface area contributed by atoms with E-state index in [4.69, 9.17) is 43.2 Å². The average Bonchev–Trinajstić information content (AvgIpc) is 4.38. The molecule has 0 atom stereocenters. The Morgan fingerprint density at radius 1 is 0.198 bits per heavy atom. The highest BCUT2D eigenvalue weighted by Gasteiger charge is 2.19. The quantitative estimate of drug-likeness (QED) is 0.147. The van der Waals surface area contributed by atoms with Gasteiger partial charge in [0.05, 0.1) is 0 Å². The molecule has 0 unspecified atom stereocenters. The van der Waals surface area contributed by atoms with Crippen LogP contribution in [0.3, 0.4) is 0 Å². The number of hydrogen-bond donors (Lipinski definition) is 0. The number of hydrogen-bond acceptors (Lipinski definition) is 9. The number of benzene rings is 11. The maximum atomic E-state index is 6.38. The molecule has 0 amide bonds. The first-order chi connectivity index (χ1) is 40.1. The molecule has 5 aromatic heterocycles. The van der Waals surface area contributed by atoms with Crippen molar-refractivity contribution in [2.75, 3.05) is 0 Å². The van der Waals surface area contributed by atoms with Crippen molar-refractivity contribution >= 4 is 65.8 Å². The summed E-state index contributed by atoms with van der Waals surface area (Å²) >= 11 is 0. The summed E-state index contributed by atoms with van der Waals surface area (Å²) in [5.74, 6) is 3.85. The fourth-order valence-electron chi connectivity index (χ4n) is 10.7. The molecular formula is C72H44N6O3. The highest BCUT2D eigenvalue weighted by atomic mass is 16.3. The van der Waals surface area contributed by atoms with Crippen molar-refractivity contribution < 1.29 is 13.3 Å². The van der Waals surface area contributed by atoms with Crippen molar-refractivity contribution in [3.8, 4) is 90.6 Å². The van der Waals surface area contributed by atoms with E-state index >= 15 is 0 Å². The second-order valence-corrected chi connectivity index (χ2v) is 19.7. The first-order valence-electron chi connectivity index (χ1n) is 26.7.